The number of hydrogen-bond donors (Lipinski definition) is 1. The van der Waals surface area contributed by atoms with E-state index < -0.39 is 0 Å². The number of amides is 1. The van der Waals surface area contributed by atoms with Gasteiger partial charge in [0.05, 0.1) is 18.4 Å². The van der Waals surface area contributed by atoms with Gasteiger partial charge in [-0.15, -0.1) is 11.3 Å². The van der Waals surface area contributed by atoms with Crippen molar-refractivity contribution in [2.75, 3.05) is 26.7 Å². The summed E-state index contributed by atoms with van der Waals surface area (Å²) < 4.78 is 5.07. The van der Waals surface area contributed by atoms with Crippen molar-refractivity contribution in [2.24, 2.45) is 5.92 Å². The van der Waals surface area contributed by atoms with Crippen LogP contribution in [0.2, 0.25) is 0 Å². The lowest BCUT2D eigenvalue weighted by Gasteiger charge is -2.31. The molecule has 0 aliphatic carbocycles. The van der Waals surface area contributed by atoms with Crippen LogP contribution in [0.4, 0.5) is 0 Å². The van der Waals surface area contributed by atoms with Gasteiger partial charge in [-0.25, -0.2) is 4.98 Å². The zero-order chi connectivity index (χ0) is 15.4. The SMILES string of the molecule is CNCC1CCN(C(=O)Cc2csc(-c3ccoc3)n2)CC1. The van der Waals surface area contributed by atoms with Crippen molar-refractivity contribution in [3.63, 3.8) is 0 Å². The fourth-order valence-corrected chi connectivity index (χ4v) is 3.65. The number of nitrogens with zero attached hydrogens (tertiary/aromatic N) is 2. The predicted molar refractivity (Wildman–Crippen MR) is 86.8 cm³/mol. The lowest BCUT2D eigenvalue weighted by atomic mass is 9.96. The Morgan fingerprint density at radius 2 is 2.32 bits per heavy atom. The highest BCUT2D eigenvalue weighted by Crippen LogP contribution is 2.24. The van der Waals surface area contributed by atoms with E-state index in [2.05, 4.69) is 10.3 Å². The molecule has 1 amide bonds. The van der Waals surface area contributed by atoms with Gasteiger partial charge in [0.1, 0.15) is 11.3 Å². The first kappa shape index (κ1) is 15.2. The number of hydrogen-bond acceptors (Lipinski definition) is 5. The molecule has 1 aliphatic heterocycles. The van der Waals surface area contributed by atoms with E-state index >= 15 is 0 Å². The molecule has 0 spiro atoms. The average molecular weight is 319 g/mol. The number of aromatic nitrogens is 1. The van der Waals surface area contributed by atoms with Gasteiger partial charge >= 0.3 is 0 Å². The standard InChI is InChI=1S/C16H21N3O2S/c1-17-9-12-2-5-19(6-3-12)15(20)8-14-11-22-16(18-14)13-4-7-21-10-13/h4,7,10-12,17H,2-3,5-6,8-9H2,1H3. The van der Waals surface area contributed by atoms with Crippen LogP contribution >= 0.6 is 11.3 Å². The molecule has 118 valence electrons. The maximum atomic E-state index is 12.4. The predicted octanol–water partition coefficient (Wildman–Crippen LogP) is 2.40. The van der Waals surface area contributed by atoms with Gasteiger partial charge in [0, 0.05) is 24.0 Å². The van der Waals surface area contributed by atoms with Crippen LogP contribution in [0.25, 0.3) is 10.6 Å². The molecular formula is C16H21N3O2S. The molecule has 1 N–H and O–H groups in total. The topological polar surface area (TPSA) is 58.4 Å². The molecule has 2 aromatic rings. The van der Waals surface area contributed by atoms with Crippen LogP contribution in [0, 0.1) is 5.92 Å². The van der Waals surface area contributed by atoms with Gasteiger partial charge in [-0.3, -0.25) is 4.79 Å². The third-order valence-corrected chi connectivity index (χ3v) is 5.05. The number of carbonyl (C=O) groups is 1. The van der Waals surface area contributed by atoms with Crippen molar-refractivity contribution in [3.05, 3.63) is 29.7 Å². The van der Waals surface area contributed by atoms with Crippen LogP contribution in [0.3, 0.4) is 0 Å². The minimum Gasteiger partial charge on any atom is -0.472 e. The minimum absolute atomic E-state index is 0.187. The van der Waals surface area contributed by atoms with Crippen LogP contribution in [-0.4, -0.2) is 42.5 Å². The summed E-state index contributed by atoms with van der Waals surface area (Å²) >= 11 is 1.55. The second-order valence-corrected chi connectivity index (χ2v) is 6.57. The second kappa shape index (κ2) is 7.07. The highest BCUT2D eigenvalue weighted by molar-refractivity contribution is 7.13. The molecule has 3 heterocycles. The van der Waals surface area contributed by atoms with Crippen molar-refractivity contribution in [3.8, 4) is 10.6 Å². The summed E-state index contributed by atoms with van der Waals surface area (Å²) in [5.74, 6) is 0.882. The van der Waals surface area contributed by atoms with Crippen LogP contribution < -0.4 is 5.32 Å². The Bertz CT molecular complexity index is 601. The summed E-state index contributed by atoms with van der Waals surface area (Å²) in [4.78, 5) is 18.9. The zero-order valence-electron chi connectivity index (χ0n) is 12.7. The molecule has 0 bridgehead atoms. The second-order valence-electron chi connectivity index (χ2n) is 5.71. The molecule has 5 nitrogen and oxygen atoms in total. The van der Waals surface area contributed by atoms with Crippen molar-refractivity contribution < 1.29 is 9.21 Å². The van der Waals surface area contributed by atoms with Gasteiger partial charge < -0.3 is 14.6 Å². The largest absolute Gasteiger partial charge is 0.472 e. The summed E-state index contributed by atoms with van der Waals surface area (Å²) in [7, 11) is 1.98. The highest BCUT2D eigenvalue weighted by atomic mass is 32.1. The first-order valence-electron chi connectivity index (χ1n) is 7.65. The van der Waals surface area contributed by atoms with E-state index in [1.807, 2.05) is 23.4 Å². The Kier molecular flexibility index (Phi) is 4.90. The molecule has 1 aliphatic rings. The van der Waals surface area contributed by atoms with Gasteiger partial charge in [-0.2, -0.15) is 0 Å². The molecule has 2 aromatic heterocycles. The van der Waals surface area contributed by atoms with Crippen LogP contribution in [0.15, 0.2) is 28.4 Å². The fourth-order valence-electron chi connectivity index (χ4n) is 2.85. The molecule has 0 saturated carbocycles. The molecule has 3 rings (SSSR count). The number of piperidine rings is 1. The molecule has 1 saturated heterocycles. The molecule has 0 atom stereocenters. The Balaban J connectivity index is 1.54. The number of rotatable bonds is 5. The zero-order valence-corrected chi connectivity index (χ0v) is 13.6. The van der Waals surface area contributed by atoms with Gasteiger partial charge in [-0.05, 0) is 38.4 Å². The van der Waals surface area contributed by atoms with Gasteiger partial charge in [0.2, 0.25) is 5.91 Å². The van der Waals surface area contributed by atoms with Crippen molar-refractivity contribution in [2.45, 2.75) is 19.3 Å². The Labute approximate surface area is 134 Å². The molecule has 0 aromatic carbocycles. The van der Waals surface area contributed by atoms with E-state index in [0.29, 0.717) is 12.3 Å². The lowest BCUT2D eigenvalue weighted by Crippen LogP contribution is -2.41. The van der Waals surface area contributed by atoms with Crippen molar-refractivity contribution in [1.82, 2.24) is 15.2 Å². The number of carbonyl (C=O) groups excluding carboxylic acids is 1. The summed E-state index contributed by atoms with van der Waals surface area (Å²) in [6.45, 7) is 2.77. The summed E-state index contributed by atoms with van der Waals surface area (Å²) in [6, 6.07) is 1.89. The molecule has 1 fully saturated rings. The highest BCUT2D eigenvalue weighted by Gasteiger charge is 2.23. The lowest BCUT2D eigenvalue weighted by molar-refractivity contribution is -0.131. The molecule has 22 heavy (non-hydrogen) atoms. The van der Waals surface area contributed by atoms with Gasteiger partial charge in [-0.1, -0.05) is 0 Å². The molecule has 6 heteroatoms. The van der Waals surface area contributed by atoms with E-state index in [1.165, 1.54) is 0 Å². The fraction of sp³-hybridized carbons (Fsp3) is 0.500. The number of likely N-dealkylation sites (tertiary alicyclic amines) is 1. The maximum Gasteiger partial charge on any atom is 0.228 e. The van der Waals surface area contributed by atoms with Crippen molar-refractivity contribution in [1.29, 1.82) is 0 Å². The minimum atomic E-state index is 0.187. The van der Waals surface area contributed by atoms with Crippen LogP contribution in [-0.2, 0) is 11.2 Å². The monoisotopic (exact) mass is 319 g/mol. The quantitative estimate of drug-likeness (QED) is 0.919. The first-order valence-corrected chi connectivity index (χ1v) is 8.53. The normalized spacial score (nSPS) is 16.1. The van der Waals surface area contributed by atoms with Crippen LogP contribution in [0.5, 0.6) is 0 Å². The van der Waals surface area contributed by atoms with Crippen LogP contribution in [0.1, 0.15) is 18.5 Å². The summed E-state index contributed by atoms with van der Waals surface area (Å²) in [5.41, 5.74) is 1.82. The Morgan fingerprint density at radius 3 is 3.00 bits per heavy atom. The third-order valence-electron chi connectivity index (χ3n) is 4.11. The average Bonchev–Trinajstić information content (AvgIpc) is 3.19. The van der Waals surface area contributed by atoms with E-state index in [1.54, 1.807) is 23.9 Å². The maximum absolute atomic E-state index is 12.4. The summed E-state index contributed by atoms with van der Waals surface area (Å²) in [5, 5.41) is 6.09. The smallest absolute Gasteiger partial charge is 0.228 e. The number of furan rings is 1. The van der Waals surface area contributed by atoms with E-state index in [9.17, 15) is 4.79 Å². The van der Waals surface area contributed by atoms with E-state index in [4.69, 9.17) is 4.42 Å². The van der Waals surface area contributed by atoms with Gasteiger partial charge in [0.25, 0.3) is 0 Å². The van der Waals surface area contributed by atoms with Crippen molar-refractivity contribution >= 4 is 17.2 Å². The molecule has 0 radical (unpaired) electrons. The van der Waals surface area contributed by atoms with Gasteiger partial charge in [0.15, 0.2) is 0 Å². The molecule has 0 unspecified atom stereocenters. The Morgan fingerprint density at radius 1 is 1.50 bits per heavy atom. The molecular weight excluding hydrogens is 298 g/mol. The van der Waals surface area contributed by atoms with E-state index in [0.717, 1.165) is 48.7 Å². The summed E-state index contributed by atoms with van der Waals surface area (Å²) in [6.07, 6.45) is 5.88. The number of thiazole rings is 1. The number of nitrogens with one attached hydrogen (secondary N) is 1. The third kappa shape index (κ3) is 3.56. The van der Waals surface area contributed by atoms with E-state index in [-0.39, 0.29) is 5.91 Å². The Hall–Kier alpha value is -1.66. The first-order chi connectivity index (χ1) is 10.8.